The van der Waals surface area contributed by atoms with E-state index in [4.69, 9.17) is 26.4 Å². The molecule has 3 aromatic rings. The smallest absolute Gasteiger partial charge is 0.236 e. The minimum Gasteiger partial charge on any atom is -0.497 e. The van der Waals surface area contributed by atoms with Crippen molar-refractivity contribution in [3.8, 4) is 17.2 Å². The van der Waals surface area contributed by atoms with Crippen LogP contribution in [0.3, 0.4) is 0 Å². The predicted molar refractivity (Wildman–Crippen MR) is 139 cm³/mol. The van der Waals surface area contributed by atoms with Gasteiger partial charge >= 0.3 is 0 Å². The van der Waals surface area contributed by atoms with Gasteiger partial charge in [0.15, 0.2) is 22.3 Å². The number of benzene rings is 3. The van der Waals surface area contributed by atoms with Crippen molar-refractivity contribution in [3.05, 3.63) is 78.4 Å². The van der Waals surface area contributed by atoms with Crippen LogP contribution in [-0.4, -0.2) is 30.5 Å². The average molecular weight is 490 g/mol. The number of ether oxygens (including phenoxy) is 3. The van der Waals surface area contributed by atoms with Crippen molar-refractivity contribution in [1.29, 1.82) is 0 Å². The highest BCUT2D eigenvalue weighted by molar-refractivity contribution is 7.80. The normalized spacial score (nSPS) is 22.4. The zero-order valence-electron chi connectivity index (χ0n) is 19.8. The molecule has 1 fully saturated rings. The van der Waals surface area contributed by atoms with Gasteiger partial charge in [-0.3, -0.25) is 9.69 Å². The number of nitrogens with zero attached hydrogens (tertiary/aromatic N) is 1. The van der Waals surface area contributed by atoms with Crippen LogP contribution in [0.4, 0.5) is 11.4 Å². The lowest BCUT2D eigenvalue weighted by Gasteiger charge is -2.56. The molecule has 180 valence electrons. The molecule has 3 aromatic carbocycles. The molecule has 2 aliphatic heterocycles. The third-order valence-corrected chi connectivity index (χ3v) is 6.74. The van der Waals surface area contributed by atoms with Crippen molar-refractivity contribution in [2.45, 2.75) is 25.6 Å². The molecule has 2 aliphatic rings. The number of anilines is 2. The van der Waals surface area contributed by atoms with Gasteiger partial charge < -0.3 is 24.8 Å². The van der Waals surface area contributed by atoms with E-state index in [1.807, 2.05) is 91.5 Å². The number of amides is 1. The number of thiocarbonyl (C=S) groups is 1. The second-order valence-corrected chi connectivity index (χ2v) is 8.94. The summed E-state index contributed by atoms with van der Waals surface area (Å²) in [5.41, 5.74) is 1.20. The Bertz CT molecular complexity index is 1250. The molecular weight excluding hydrogens is 462 g/mol. The number of fused-ring (bicyclic) bond motifs is 4. The predicted octanol–water partition coefficient (Wildman–Crippen LogP) is 4.89. The van der Waals surface area contributed by atoms with E-state index < -0.39 is 17.7 Å². The summed E-state index contributed by atoms with van der Waals surface area (Å²) < 4.78 is 17.8. The number of rotatable bonds is 6. The Kier molecular flexibility index (Phi) is 5.98. The highest BCUT2D eigenvalue weighted by Crippen LogP contribution is 2.52. The van der Waals surface area contributed by atoms with E-state index in [0.29, 0.717) is 34.7 Å². The van der Waals surface area contributed by atoms with Gasteiger partial charge in [-0.1, -0.05) is 30.3 Å². The molecule has 0 aliphatic carbocycles. The minimum absolute atomic E-state index is 0.189. The summed E-state index contributed by atoms with van der Waals surface area (Å²) in [6, 6.07) is 22.3. The van der Waals surface area contributed by atoms with Crippen LogP contribution >= 0.6 is 12.2 Å². The van der Waals surface area contributed by atoms with Gasteiger partial charge in [0, 0.05) is 16.9 Å². The lowest BCUT2D eigenvalue weighted by atomic mass is 9.78. The molecule has 0 spiro atoms. The standard InChI is InChI=1S/C27H27N3O4S/c1-4-33-21-12-8-11-20-23-22(25(31)28-17-13-15-19(32-3)16-14-17)27(2,34-24(20)21)30(26(35)29-23)18-9-6-5-7-10-18/h5-16,22-23H,4H2,1-3H3,(H,28,31)(H,29,35)/t22-,23-,27-/m0/s1. The van der Waals surface area contributed by atoms with Crippen LogP contribution in [0.25, 0.3) is 0 Å². The van der Waals surface area contributed by atoms with Crippen molar-refractivity contribution < 1.29 is 19.0 Å². The molecule has 5 rings (SSSR count). The molecule has 1 amide bonds. The first kappa shape index (κ1) is 23.0. The maximum atomic E-state index is 13.9. The van der Waals surface area contributed by atoms with E-state index in [-0.39, 0.29) is 5.91 Å². The molecule has 2 heterocycles. The highest BCUT2D eigenvalue weighted by Gasteiger charge is 2.59. The quantitative estimate of drug-likeness (QED) is 0.478. The van der Waals surface area contributed by atoms with Gasteiger partial charge in [-0.05, 0) is 68.5 Å². The Morgan fingerprint density at radius 2 is 1.86 bits per heavy atom. The highest BCUT2D eigenvalue weighted by atomic mass is 32.1. The van der Waals surface area contributed by atoms with E-state index in [9.17, 15) is 4.79 Å². The molecule has 7 nitrogen and oxygen atoms in total. The second-order valence-electron chi connectivity index (χ2n) is 8.56. The second kappa shape index (κ2) is 9.11. The SMILES string of the molecule is CCOc1cccc2c1O[C@@]1(C)[C@H](C(=O)Nc3ccc(OC)cc3)[C@H]2NC(=S)N1c1ccccc1. The van der Waals surface area contributed by atoms with Gasteiger partial charge in [0.2, 0.25) is 5.91 Å². The van der Waals surface area contributed by atoms with Crippen molar-refractivity contribution in [2.24, 2.45) is 5.92 Å². The molecule has 1 saturated heterocycles. The Morgan fingerprint density at radius 3 is 2.54 bits per heavy atom. The van der Waals surface area contributed by atoms with Gasteiger partial charge in [-0.25, -0.2) is 0 Å². The fraction of sp³-hybridized carbons (Fsp3) is 0.259. The maximum absolute atomic E-state index is 13.9. The van der Waals surface area contributed by atoms with Crippen molar-refractivity contribution in [1.82, 2.24) is 5.32 Å². The van der Waals surface area contributed by atoms with Crippen molar-refractivity contribution in [2.75, 3.05) is 23.9 Å². The maximum Gasteiger partial charge on any atom is 0.236 e. The Morgan fingerprint density at radius 1 is 1.11 bits per heavy atom. The number of para-hydroxylation sites is 2. The van der Waals surface area contributed by atoms with E-state index in [1.165, 1.54) is 0 Å². The Balaban J connectivity index is 1.61. The van der Waals surface area contributed by atoms with Gasteiger partial charge in [0.05, 0.1) is 19.8 Å². The van der Waals surface area contributed by atoms with E-state index in [1.54, 1.807) is 7.11 Å². The van der Waals surface area contributed by atoms with E-state index >= 15 is 0 Å². The van der Waals surface area contributed by atoms with Crippen LogP contribution in [-0.2, 0) is 4.79 Å². The van der Waals surface area contributed by atoms with Crippen molar-refractivity contribution in [3.63, 3.8) is 0 Å². The van der Waals surface area contributed by atoms with Crippen molar-refractivity contribution >= 4 is 34.6 Å². The number of hydrogen-bond donors (Lipinski definition) is 2. The minimum atomic E-state index is -1.12. The fourth-order valence-corrected chi connectivity index (χ4v) is 5.31. The number of nitrogens with one attached hydrogen (secondary N) is 2. The molecule has 3 atom stereocenters. The number of carbonyl (C=O) groups excluding carboxylic acids is 1. The van der Waals surface area contributed by atoms with Gasteiger partial charge in [-0.15, -0.1) is 0 Å². The molecule has 0 radical (unpaired) electrons. The summed E-state index contributed by atoms with van der Waals surface area (Å²) in [4.78, 5) is 15.8. The number of carbonyl (C=O) groups is 1. The van der Waals surface area contributed by atoms with E-state index in [0.717, 1.165) is 11.3 Å². The van der Waals surface area contributed by atoms with Crippen LogP contribution in [0.5, 0.6) is 17.2 Å². The summed E-state index contributed by atoms with van der Waals surface area (Å²) in [7, 11) is 1.61. The molecular formula is C27H27N3O4S. The first-order valence-electron chi connectivity index (χ1n) is 11.5. The molecule has 35 heavy (non-hydrogen) atoms. The molecule has 8 heteroatoms. The lowest BCUT2D eigenvalue weighted by molar-refractivity contribution is -0.130. The van der Waals surface area contributed by atoms with Crippen LogP contribution < -0.4 is 29.7 Å². The van der Waals surface area contributed by atoms with Gasteiger partial charge in [0.25, 0.3) is 0 Å². The summed E-state index contributed by atoms with van der Waals surface area (Å²) in [5.74, 6) is 1.14. The topological polar surface area (TPSA) is 72.1 Å². The van der Waals surface area contributed by atoms with Gasteiger partial charge in [0.1, 0.15) is 11.7 Å². The van der Waals surface area contributed by atoms with E-state index in [2.05, 4.69) is 10.6 Å². The molecule has 0 unspecified atom stereocenters. The molecule has 2 bridgehead atoms. The zero-order chi connectivity index (χ0) is 24.6. The zero-order valence-corrected chi connectivity index (χ0v) is 20.6. The molecule has 0 aromatic heterocycles. The third-order valence-electron chi connectivity index (χ3n) is 6.44. The Hall–Kier alpha value is -3.78. The summed E-state index contributed by atoms with van der Waals surface area (Å²) in [6.45, 7) is 4.33. The summed E-state index contributed by atoms with van der Waals surface area (Å²) in [5, 5.41) is 6.97. The Labute approximate surface area is 210 Å². The molecule has 2 N–H and O–H groups in total. The first-order valence-corrected chi connectivity index (χ1v) is 11.9. The largest absolute Gasteiger partial charge is 0.497 e. The average Bonchev–Trinajstić information content (AvgIpc) is 2.85. The summed E-state index contributed by atoms with van der Waals surface area (Å²) >= 11 is 5.80. The summed E-state index contributed by atoms with van der Waals surface area (Å²) in [6.07, 6.45) is 0. The fourth-order valence-electron chi connectivity index (χ4n) is 4.90. The lowest BCUT2D eigenvalue weighted by Crippen LogP contribution is -2.72. The van der Waals surface area contributed by atoms with Crippen LogP contribution in [0, 0.1) is 5.92 Å². The van der Waals surface area contributed by atoms with Gasteiger partial charge in [-0.2, -0.15) is 0 Å². The van der Waals surface area contributed by atoms with Crippen LogP contribution in [0.1, 0.15) is 25.5 Å². The first-order chi connectivity index (χ1) is 17.0. The number of hydrogen-bond acceptors (Lipinski definition) is 5. The van der Waals surface area contributed by atoms with Crippen LogP contribution in [0.2, 0.25) is 0 Å². The monoisotopic (exact) mass is 489 g/mol. The van der Waals surface area contributed by atoms with Crippen LogP contribution in [0.15, 0.2) is 72.8 Å². The third kappa shape index (κ3) is 3.93. The molecule has 0 saturated carbocycles. The number of methoxy groups -OCH3 is 1.